The van der Waals surface area contributed by atoms with Gasteiger partial charge >= 0.3 is 5.97 Å². The second-order valence-corrected chi connectivity index (χ2v) is 7.77. The smallest absolute Gasteiger partial charge is 0.320 e. The van der Waals surface area contributed by atoms with Gasteiger partial charge in [-0.25, -0.2) is 0 Å². The van der Waals surface area contributed by atoms with Gasteiger partial charge in [0.2, 0.25) is 0 Å². The predicted octanol–water partition coefficient (Wildman–Crippen LogP) is 3.58. The summed E-state index contributed by atoms with van der Waals surface area (Å²) in [5, 5.41) is 9.54. The van der Waals surface area contributed by atoms with E-state index in [1.807, 2.05) is 11.3 Å². The topological polar surface area (TPSA) is 40.5 Å². The van der Waals surface area contributed by atoms with Crippen LogP contribution in [0.5, 0.6) is 0 Å². The van der Waals surface area contributed by atoms with Gasteiger partial charge in [0.1, 0.15) is 6.04 Å². The highest BCUT2D eigenvalue weighted by Crippen LogP contribution is 2.41. The molecule has 1 aliphatic heterocycles. The molecule has 1 saturated heterocycles. The van der Waals surface area contributed by atoms with Crippen LogP contribution in [-0.4, -0.2) is 28.1 Å². The van der Waals surface area contributed by atoms with E-state index in [4.69, 9.17) is 0 Å². The lowest BCUT2D eigenvalue weighted by Gasteiger charge is -2.33. The quantitative estimate of drug-likeness (QED) is 0.926. The zero-order valence-electron chi connectivity index (χ0n) is 12.3. The van der Waals surface area contributed by atoms with Crippen molar-refractivity contribution >= 4 is 17.3 Å². The van der Waals surface area contributed by atoms with E-state index in [-0.39, 0.29) is 6.04 Å². The first-order chi connectivity index (χ1) is 9.56. The van der Waals surface area contributed by atoms with Gasteiger partial charge in [-0.1, -0.05) is 12.8 Å². The molecular formula is C16H23NO2S. The Bertz CT molecular complexity index is 511. The monoisotopic (exact) mass is 293 g/mol. The number of carboxylic acids is 1. The molecule has 3 rings (SSSR count). The van der Waals surface area contributed by atoms with Gasteiger partial charge in [-0.15, -0.1) is 11.3 Å². The highest BCUT2D eigenvalue weighted by atomic mass is 32.1. The first-order valence-electron chi connectivity index (χ1n) is 7.60. The molecule has 2 fully saturated rings. The molecule has 0 aromatic carbocycles. The second kappa shape index (κ2) is 5.49. The van der Waals surface area contributed by atoms with Gasteiger partial charge in [0.15, 0.2) is 0 Å². The lowest BCUT2D eigenvalue weighted by molar-refractivity contribution is -0.142. The number of rotatable bonds is 3. The predicted molar refractivity (Wildman–Crippen MR) is 81.1 cm³/mol. The average molecular weight is 293 g/mol. The molecule has 2 aliphatic rings. The van der Waals surface area contributed by atoms with Gasteiger partial charge in [-0.3, -0.25) is 9.69 Å². The molecule has 0 amide bonds. The summed E-state index contributed by atoms with van der Waals surface area (Å²) in [6, 6.07) is 2.45. The first kappa shape index (κ1) is 14.1. The molecule has 2 heterocycles. The van der Waals surface area contributed by atoms with Crippen molar-refractivity contribution in [3.05, 3.63) is 21.4 Å². The normalized spacial score (nSPS) is 30.4. The number of thiophene rings is 1. The van der Waals surface area contributed by atoms with Crippen molar-refractivity contribution < 1.29 is 9.90 Å². The van der Waals surface area contributed by atoms with Crippen LogP contribution in [-0.2, 0) is 11.3 Å². The Kier molecular flexibility index (Phi) is 3.87. The maximum atomic E-state index is 11.6. The number of nitrogens with zero attached hydrogens (tertiary/aromatic N) is 1. The van der Waals surface area contributed by atoms with Crippen LogP contribution in [0.25, 0.3) is 0 Å². The van der Waals surface area contributed by atoms with Crippen molar-refractivity contribution in [2.45, 2.75) is 64.6 Å². The Morgan fingerprint density at radius 3 is 2.80 bits per heavy atom. The number of aryl methyl sites for hydroxylation is 2. The highest BCUT2D eigenvalue weighted by molar-refractivity contribution is 7.12. The Balaban J connectivity index is 1.84. The van der Waals surface area contributed by atoms with Crippen molar-refractivity contribution in [2.24, 2.45) is 5.92 Å². The summed E-state index contributed by atoms with van der Waals surface area (Å²) in [4.78, 5) is 16.5. The summed E-state index contributed by atoms with van der Waals surface area (Å²) in [5.41, 5.74) is 1.32. The van der Waals surface area contributed by atoms with Crippen molar-refractivity contribution in [1.29, 1.82) is 0 Å². The highest BCUT2D eigenvalue weighted by Gasteiger charge is 2.45. The molecule has 1 aromatic rings. The molecule has 1 N–H and O–H groups in total. The van der Waals surface area contributed by atoms with Crippen molar-refractivity contribution in [2.75, 3.05) is 0 Å². The van der Waals surface area contributed by atoms with Gasteiger partial charge in [0.05, 0.1) is 0 Å². The molecule has 0 unspecified atom stereocenters. The number of likely N-dealkylation sites (tertiary alicyclic amines) is 1. The van der Waals surface area contributed by atoms with E-state index in [0.29, 0.717) is 12.0 Å². The Hall–Kier alpha value is -0.870. The molecule has 0 radical (unpaired) electrons. The van der Waals surface area contributed by atoms with E-state index in [1.54, 1.807) is 0 Å². The third kappa shape index (κ3) is 2.51. The summed E-state index contributed by atoms with van der Waals surface area (Å²) in [6.45, 7) is 5.09. The second-order valence-electron chi connectivity index (χ2n) is 6.31. The fourth-order valence-electron chi connectivity index (χ4n) is 4.06. The minimum absolute atomic E-state index is 0.275. The van der Waals surface area contributed by atoms with E-state index in [2.05, 4.69) is 24.8 Å². The molecule has 0 spiro atoms. The molecule has 0 bridgehead atoms. The maximum absolute atomic E-state index is 11.6. The zero-order valence-corrected chi connectivity index (χ0v) is 13.1. The molecule has 1 aromatic heterocycles. The molecule has 20 heavy (non-hydrogen) atoms. The van der Waals surface area contributed by atoms with Gasteiger partial charge in [0.25, 0.3) is 0 Å². The number of hydrogen-bond donors (Lipinski definition) is 1. The summed E-state index contributed by atoms with van der Waals surface area (Å²) < 4.78 is 0. The Morgan fingerprint density at radius 2 is 2.15 bits per heavy atom. The average Bonchev–Trinajstić information content (AvgIpc) is 2.91. The van der Waals surface area contributed by atoms with Gasteiger partial charge in [0, 0.05) is 22.3 Å². The number of aliphatic carboxylic acids is 1. The van der Waals surface area contributed by atoms with Gasteiger partial charge in [-0.05, 0) is 50.7 Å². The fraction of sp³-hybridized carbons (Fsp3) is 0.688. The van der Waals surface area contributed by atoms with E-state index >= 15 is 0 Å². The Morgan fingerprint density at radius 1 is 1.40 bits per heavy atom. The number of carboxylic acid groups (broad SMARTS) is 1. The molecule has 110 valence electrons. The summed E-state index contributed by atoms with van der Waals surface area (Å²) in [7, 11) is 0. The van der Waals surface area contributed by atoms with Crippen molar-refractivity contribution in [1.82, 2.24) is 4.90 Å². The third-order valence-electron chi connectivity index (χ3n) is 5.00. The number of carbonyl (C=O) groups is 1. The van der Waals surface area contributed by atoms with Crippen LogP contribution in [0.15, 0.2) is 6.07 Å². The number of hydrogen-bond acceptors (Lipinski definition) is 3. The molecule has 3 atom stereocenters. The van der Waals surface area contributed by atoms with E-state index in [0.717, 1.165) is 13.0 Å². The number of fused-ring (bicyclic) bond motifs is 1. The molecule has 1 aliphatic carbocycles. The fourth-order valence-corrected chi connectivity index (χ4v) is 5.00. The van der Waals surface area contributed by atoms with Crippen LogP contribution in [0.4, 0.5) is 0 Å². The van der Waals surface area contributed by atoms with Gasteiger partial charge in [-0.2, -0.15) is 0 Å². The molecular weight excluding hydrogens is 270 g/mol. The largest absolute Gasteiger partial charge is 0.480 e. The van der Waals surface area contributed by atoms with Crippen LogP contribution in [0.1, 0.15) is 47.4 Å². The van der Waals surface area contributed by atoms with Crippen LogP contribution >= 0.6 is 11.3 Å². The van der Waals surface area contributed by atoms with Gasteiger partial charge < -0.3 is 5.11 Å². The van der Waals surface area contributed by atoms with Crippen LogP contribution in [0.3, 0.4) is 0 Å². The van der Waals surface area contributed by atoms with Crippen molar-refractivity contribution in [3.63, 3.8) is 0 Å². The van der Waals surface area contributed by atoms with Crippen molar-refractivity contribution in [3.8, 4) is 0 Å². The first-order valence-corrected chi connectivity index (χ1v) is 8.42. The van der Waals surface area contributed by atoms with Crippen LogP contribution in [0, 0.1) is 19.8 Å². The summed E-state index contributed by atoms with van der Waals surface area (Å²) in [5.74, 6) is -0.0334. The molecule has 3 nitrogen and oxygen atoms in total. The SMILES string of the molecule is Cc1cc(CN2[C@H](C(=O)O)C[C@@H]3CCCC[C@@H]32)c(C)s1. The van der Waals surface area contributed by atoms with E-state index < -0.39 is 5.97 Å². The van der Waals surface area contributed by atoms with E-state index in [1.165, 1.54) is 41.0 Å². The Labute approximate surface area is 124 Å². The standard InChI is InChI=1S/C16H23NO2S/c1-10-7-13(11(2)20-10)9-17-14-6-4-3-5-12(14)8-15(17)16(18)19/h7,12,14-15H,3-6,8-9H2,1-2H3,(H,18,19)/t12-,14-,15-/m0/s1. The maximum Gasteiger partial charge on any atom is 0.320 e. The van der Waals surface area contributed by atoms with Crippen LogP contribution < -0.4 is 0 Å². The van der Waals surface area contributed by atoms with Crippen LogP contribution in [0.2, 0.25) is 0 Å². The summed E-state index contributed by atoms with van der Waals surface area (Å²) >= 11 is 1.82. The minimum atomic E-state index is -0.635. The minimum Gasteiger partial charge on any atom is -0.480 e. The molecule has 4 heteroatoms. The lowest BCUT2D eigenvalue weighted by Crippen LogP contribution is -2.41. The molecule has 1 saturated carbocycles. The third-order valence-corrected chi connectivity index (χ3v) is 6.01. The summed E-state index contributed by atoms with van der Waals surface area (Å²) in [6.07, 6.45) is 5.77. The zero-order chi connectivity index (χ0) is 14.3. The van der Waals surface area contributed by atoms with E-state index in [9.17, 15) is 9.90 Å². The lowest BCUT2D eigenvalue weighted by atomic mass is 9.84.